The first-order valence-electron chi connectivity index (χ1n) is 6.14. The number of carbonyl (C=O) groups is 1. The number of benzene rings is 1. The molecule has 1 unspecified atom stereocenters. The standard InChI is InChI=1S/C13H17NO3S2/c1-3-8-14-12(15)9-18-13(14)10-4-6-11(7-5-10)19(2,16)17/h4-7,13H,3,8-9H2,1-2H3. The molecule has 1 aromatic carbocycles. The van der Waals surface area contributed by atoms with Crippen molar-refractivity contribution in [1.29, 1.82) is 0 Å². The van der Waals surface area contributed by atoms with E-state index in [1.54, 1.807) is 36.0 Å². The van der Waals surface area contributed by atoms with Crippen LogP contribution in [0.25, 0.3) is 0 Å². The molecule has 1 fully saturated rings. The van der Waals surface area contributed by atoms with Crippen LogP contribution >= 0.6 is 11.8 Å². The number of amides is 1. The summed E-state index contributed by atoms with van der Waals surface area (Å²) in [4.78, 5) is 14.0. The van der Waals surface area contributed by atoms with Gasteiger partial charge in [0, 0.05) is 12.8 Å². The van der Waals surface area contributed by atoms with E-state index in [4.69, 9.17) is 0 Å². The summed E-state index contributed by atoms with van der Waals surface area (Å²) in [6.45, 7) is 2.78. The van der Waals surface area contributed by atoms with Crippen molar-refractivity contribution < 1.29 is 13.2 Å². The Morgan fingerprint density at radius 2 is 1.95 bits per heavy atom. The van der Waals surface area contributed by atoms with E-state index in [0.717, 1.165) is 18.5 Å². The summed E-state index contributed by atoms with van der Waals surface area (Å²) in [6, 6.07) is 6.82. The molecule has 0 saturated carbocycles. The first-order valence-corrected chi connectivity index (χ1v) is 9.08. The van der Waals surface area contributed by atoms with E-state index in [0.29, 0.717) is 10.6 Å². The molecule has 1 aliphatic rings. The van der Waals surface area contributed by atoms with Crippen molar-refractivity contribution in [1.82, 2.24) is 4.90 Å². The Hall–Kier alpha value is -1.01. The summed E-state index contributed by atoms with van der Waals surface area (Å²) in [5, 5.41) is 0.0149. The minimum Gasteiger partial charge on any atom is -0.326 e. The Balaban J connectivity index is 2.25. The lowest BCUT2D eigenvalue weighted by Gasteiger charge is -2.23. The fourth-order valence-electron chi connectivity index (χ4n) is 2.09. The van der Waals surface area contributed by atoms with Crippen LogP contribution < -0.4 is 0 Å². The summed E-state index contributed by atoms with van der Waals surface area (Å²) < 4.78 is 22.8. The Bertz CT molecular complexity index is 566. The average molecular weight is 299 g/mol. The second-order valence-corrected chi connectivity index (χ2v) is 7.68. The molecule has 104 valence electrons. The van der Waals surface area contributed by atoms with Gasteiger partial charge in [-0.1, -0.05) is 19.1 Å². The lowest BCUT2D eigenvalue weighted by atomic mass is 10.2. The molecular weight excluding hydrogens is 282 g/mol. The molecule has 0 N–H and O–H groups in total. The molecule has 0 spiro atoms. The Labute approximate surface area is 118 Å². The zero-order chi connectivity index (χ0) is 14.0. The molecule has 4 nitrogen and oxygen atoms in total. The Morgan fingerprint density at radius 3 is 2.47 bits per heavy atom. The van der Waals surface area contributed by atoms with Gasteiger partial charge in [-0.05, 0) is 24.1 Å². The predicted molar refractivity (Wildman–Crippen MR) is 76.8 cm³/mol. The van der Waals surface area contributed by atoms with Crippen LogP contribution in [0.1, 0.15) is 24.3 Å². The molecule has 1 heterocycles. The van der Waals surface area contributed by atoms with Gasteiger partial charge in [0.1, 0.15) is 5.37 Å². The number of sulfone groups is 1. The molecular formula is C13H17NO3S2. The van der Waals surface area contributed by atoms with Gasteiger partial charge in [0.05, 0.1) is 10.6 Å². The number of carbonyl (C=O) groups excluding carboxylic acids is 1. The van der Waals surface area contributed by atoms with Gasteiger partial charge in [0.25, 0.3) is 0 Å². The van der Waals surface area contributed by atoms with Gasteiger partial charge < -0.3 is 4.90 Å². The van der Waals surface area contributed by atoms with Crippen molar-refractivity contribution >= 4 is 27.5 Å². The molecule has 1 aromatic rings. The molecule has 0 aliphatic carbocycles. The highest BCUT2D eigenvalue weighted by Crippen LogP contribution is 2.38. The third-order valence-corrected chi connectivity index (χ3v) is 5.41. The highest BCUT2D eigenvalue weighted by Gasteiger charge is 2.31. The van der Waals surface area contributed by atoms with Crippen molar-refractivity contribution in [3.63, 3.8) is 0 Å². The molecule has 6 heteroatoms. The maximum atomic E-state index is 11.8. The van der Waals surface area contributed by atoms with Crippen molar-refractivity contribution in [2.45, 2.75) is 23.6 Å². The smallest absolute Gasteiger partial charge is 0.233 e. The van der Waals surface area contributed by atoms with E-state index in [9.17, 15) is 13.2 Å². The predicted octanol–water partition coefficient (Wildman–Crippen LogP) is 2.07. The number of thioether (sulfide) groups is 1. The molecule has 0 aromatic heterocycles. The zero-order valence-electron chi connectivity index (χ0n) is 11.0. The van der Waals surface area contributed by atoms with Crippen LogP contribution in [-0.4, -0.2) is 37.8 Å². The monoisotopic (exact) mass is 299 g/mol. The van der Waals surface area contributed by atoms with Crippen molar-refractivity contribution in [3.8, 4) is 0 Å². The van der Waals surface area contributed by atoms with Gasteiger partial charge in [-0.3, -0.25) is 4.79 Å². The van der Waals surface area contributed by atoms with E-state index < -0.39 is 9.84 Å². The third kappa shape index (κ3) is 3.12. The third-order valence-electron chi connectivity index (χ3n) is 3.03. The fourth-order valence-corrected chi connectivity index (χ4v) is 3.94. The molecule has 1 saturated heterocycles. The molecule has 1 atom stereocenters. The highest BCUT2D eigenvalue weighted by atomic mass is 32.2. The van der Waals surface area contributed by atoms with Crippen LogP contribution in [0.5, 0.6) is 0 Å². The number of rotatable bonds is 4. The summed E-state index contributed by atoms with van der Waals surface area (Å²) >= 11 is 1.59. The van der Waals surface area contributed by atoms with Crippen molar-refractivity contribution in [3.05, 3.63) is 29.8 Å². The van der Waals surface area contributed by atoms with Gasteiger partial charge in [0.15, 0.2) is 9.84 Å². The lowest BCUT2D eigenvalue weighted by Crippen LogP contribution is -2.28. The molecule has 1 aliphatic heterocycles. The largest absolute Gasteiger partial charge is 0.326 e. The van der Waals surface area contributed by atoms with Gasteiger partial charge in [-0.25, -0.2) is 8.42 Å². The van der Waals surface area contributed by atoms with Crippen LogP contribution in [0.4, 0.5) is 0 Å². The average Bonchev–Trinajstić information content (AvgIpc) is 2.71. The minimum absolute atomic E-state index is 0.0149. The van der Waals surface area contributed by atoms with Crippen LogP contribution in [0.3, 0.4) is 0 Å². The van der Waals surface area contributed by atoms with Gasteiger partial charge in [-0.2, -0.15) is 0 Å². The number of hydrogen-bond acceptors (Lipinski definition) is 4. The van der Waals surface area contributed by atoms with Gasteiger partial charge in [0.2, 0.25) is 5.91 Å². The van der Waals surface area contributed by atoms with Crippen LogP contribution in [0.2, 0.25) is 0 Å². The summed E-state index contributed by atoms with van der Waals surface area (Å²) in [5.41, 5.74) is 0.983. The highest BCUT2D eigenvalue weighted by molar-refractivity contribution is 8.00. The maximum absolute atomic E-state index is 11.8. The topological polar surface area (TPSA) is 54.5 Å². The van der Waals surface area contributed by atoms with Crippen LogP contribution in [0.15, 0.2) is 29.2 Å². The van der Waals surface area contributed by atoms with E-state index >= 15 is 0 Å². The van der Waals surface area contributed by atoms with Crippen LogP contribution in [-0.2, 0) is 14.6 Å². The molecule has 2 rings (SSSR count). The zero-order valence-corrected chi connectivity index (χ0v) is 12.6. The Morgan fingerprint density at radius 1 is 1.32 bits per heavy atom. The number of nitrogens with zero attached hydrogens (tertiary/aromatic N) is 1. The van der Waals surface area contributed by atoms with Gasteiger partial charge >= 0.3 is 0 Å². The van der Waals surface area contributed by atoms with Gasteiger partial charge in [-0.15, -0.1) is 11.8 Å². The maximum Gasteiger partial charge on any atom is 0.233 e. The van der Waals surface area contributed by atoms with E-state index in [1.807, 2.05) is 11.8 Å². The minimum atomic E-state index is -3.16. The van der Waals surface area contributed by atoms with Crippen molar-refractivity contribution in [2.75, 3.05) is 18.6 Å². The van der Waals surface area contributed by atoms with E-state index in [2.05, 4.69) is 0 Å². The summed E-state index contributed by atoms with van der Waals surface area (Å²) in [7, 11) is -3.16. The second kappa shape index (κ2) is 5.54. The van der Waals surface area contributed by atoms with Crippen LogP contribution in [0, 0.1) is 0 Å². The van der Waals surface area contributed by atoms with Crippen molar-refractivity contribution in [2.24, 2.45) is 0 Å². The molecule has 19 heavy (non-hydrogen) atoms. The number of hydrogen-bond donors (Lipinski definition) is 0. The first-order chi connectivity index (χ1) is 8.93. The summed E-state index contributed by atoms with van der Waals surface area (Å²) in [5.74, 6) is 0.655. The Kier molecular flexibility index (Phi) is 4.20. The first kappa shape index (κ1) is 14.4. The SMILES string of the molecule is CCCN1C(=O)CSC1c1ccc(S(C)(=O)=O)cc1. The molecule has 1 amide bonds. The molecule has 0 radical (unpaired) electrons. The molecule has 0 bridgehead atoms. The quantitative estimate of drug-likeness (QED) is 0.854. The second-order valence-electron chi connectivity index (χ2n) is 4.59. The fraction of sp³-hybridized carbons (Fsp3) is 0.462. The van der Waals surface area contributed by atoms with E-state index in [-0.39, 0.29) is 11.3 Å². The summed E-state index contributed by atoms with van der Waals surface area (Å²) in [6.07, 6.45) is 2.11. The normalized spacial score (nSPS) is 20.0. The van der Waals surface area contributed by atoms with E-state index in [1.165, 1.54) is 6.26 Å². The lowest BCUT2D eigenvalue weighted by molar-refractivity contribution is -0.128.